The summed E-state index contributed by atoms with van der Waals surface area (Å²) in [5, 5.41) is 0.715. The van der Waals surface area contributed by atoms with Gasteiger partial charge in [-0.15, -0.1) is 13.2 Å². The first-order valence-corrected chi connectivity index (χ1v) is 6.40. The van der Waals surface area contributed by atoms with Gasteiger partial charge >= 0.3 is 6.36 Å². The summed E-state index contributed by atoms with van der Waals surface area (Å²) in [4.78, 5) is 0. The van der Waals surface area contributed by atoms with Gasteiger partial charge < -0.3 is 9.30 Å². The number of fused-ring (bicyclic) bond motifs is 1. The molecule has 1 heterocycles. The fourth-order valence-electron chi connectivity index (χ4n) is 2.29. The van der Waals surface area contributed by atoms with Crippen LogP contribution in [0.25, 0.3) is 10.9 Å². The number of hydrogen-bond acceptors (Lipinski definition) is 1. The van der Waals surface area contributed by atoms with E-state index in [2.05, 4.69) is 4.74 Å². The highest BCUT2D eigenvalue weighted by molar-refractivity contribution is 5.81. The van der Waals surface area contributed by atoms with Crippen LogP contribution in [0.4, 0.5) is 13.2 Å². The third-order valence-electron chi connectivity index (χ3n) is 3.17. The van der Waals surface area contributed by atoms with Crippen LogP contribution >= 0.6 is 0 Å². The number of alkyl halides is 3. The minimum atomic E-state index is -4.67. The Bertz CT molecular complexity index is 747. The van der Waals surface area contributed by atoms with Gasteiger partial charge in [0.05, 0.1) is 0 Å². The lowest BCUT2D eigenvalue weighted by atomic mass is 10.2. The second-order valence-corrected chi connectivity index (χ2v) is 4.70. The normalized spacial score (nSPS) is 11.8. The first kappa shape index (κ1) is 13.5. The molecule has 0 radical (unpaired) electrons. The number of aromatic nitrogens is 1. The van der Waals surface area contributed by atoms with Crippen molar-refractivity contribution in [2.24, 2.45) is 0 Å². The Morgan fingerprint density at radius 2 is 1.71 bits per heavy atom. The van der Waals surface area contributed by atoms with Crippen LogP contribution in [0.1, 0.15) is 5.56 Å². The van der Waals surface area contributed by atoms with Crippen LogP contribution in [0, 0.1) is 0 Å². The van der Waals surface area contributed by atoms with Crippen LogP contribution in [0.2, 0.25) is 0 Å². The van der Waals surface area contributed by atoms with E-state index in [1.54, 1.807) is 12.1 Å². The largest absolute Gasteiger partial charge is 0.573 e. The molecule has 2 aromatic carbocycles. The highest BCUT2D eigenvalue weighted by atomic mass is 19.4. The zero-order valence-electron chi connectivity index (χ0n) is 11.0. The third kappa shape index (κ3) is 3.18. The summed E-state index contributed by atoms with van der Waals surface area (Å²) < 4.78 is 42.5. The molecule has 5 heteroatoms. The van der Waals surface area contributed by atoms with Crippen LogP contribution in [0.15, 0.2) is 60.8 Å². The summed E-state index contributed by atoms with van der Waals surface area (Å²) in [5.74, 6) is -0.201. The van der Waals surface area contributed by atoms with Gasteiger partial charge in [0.2, 0.25) is 0 Å². The van der Waals surface area contributed by atoms with Gasteiger partial charge in [-0.3, -0.25) is 0 Å². The van der Waals surface area contributed by atoms with Crippen LogP contribution in [0.5, 0.6) is 5.75 Å². The third-order valence-corrected chi connectivity index (χ3v) is 3.17. The number of benzene rings is 2. The Balaban J connectivity index is 1.89. The summed E-state index contributed by atoms with van der Waals surface area (Å²) >= 11 is 0. The Morgan fingerprint density at radius 3 is 2.43 bits per heavy atom. The Morgan fingerprint density at radius 1 is 0.952 bits per heavy atom. The van der Waals surface area contributed by atoms with Crippen molar-refractivity contribution >= 4 is 10.9 Å². The molecule has 0 saturated heterocycles. The molecule has 0 aliphatic carbocycles. The molecule has 0 amide bonds. The van der Waals surface area contributed by atoms with Gasteiger partial charge in [-0.1, -0.05) is 30.3 Å². The predicted molar refractivity (Wildman–Crippen MR) is 74.2 cm³/mol. The van der Waals surface area contributed by atoms with E-state index in [-0.39, 0.29) is 5.75 Å². The zero-order valence-corrected chi connectivity index (χ0v) is 11.0. The maximum atomic E-state index is 12.2. The lowest BCUT2D eigenvalue weighted by molar-refractivity contribution is -0.274. The fourth-order valence-corrected chi connectivity index (χ4v) is 2.29. The first-order valence-electron chi connectivity index (χ1n) is 6.40. The highest BCUT2D eigenvalue weighted by Gasteiger charge is 2.31. The Labute approximate surface area is 119 Å². The average Bonchev–Trinajstić information content (AvgIpc) is 2.81. The Hall–Kier alpha value is -2.43. The van der Waals surface area contributed by atoms with Gasteiger partial charge in [0.25, 0.3) is 0 Å². The molecule has 108 valence electrons. The predicted octanol–water partition coefficient (Wildman–Crippen LogP) is 4.59. The molecule has 3 aromatic rings. The highest BCUT2D eigenvalue weighted by Crippen LogP contribution is 2.27. The minimum absolute atomic E-state index is 0.201. The molecule has 3 rings (SSSR count). The summed E-state index contributed by atoms with van der Waals surface area (Å²) in [5.41, 5.74) is 2.00. The topological polar surface area (TPSA) is 14.2 Å². The SMILES string of the molecule is FC(F)(F)Oc1ccc2c(ccn2Cc2ccccc2)c1. The number of ether oxygens (including phenoxy) is 1. The lowest BCUT2D eigenvalue weighted by Gasteiger charge is -2.09. The van der Waals surface area contributed by atoms with Gasteiger partial charge in [-0.05, 0) is 29.8 Å². The molecular formula is C16H12F3NO. The number of halogens is 3. The smallest absolute Gasteiger partial charge is 0.406 e. The van der Waals surface area contributed by atoms with Crippen molar-refractivity contribution in [3.05, 3.63) is 66.4 Å². The molecule has 0 aliphatic rings. The number of nitrogens with zero attached hydrogens (tertiary/aromatic N) is 1. The molecule has 0 fully saturated rings. The number of rotatable bonds is 3. The van der Waals surface area contributed by atoms with Crippen LogP contribution in [0.3, 0.4) is 0 Å². The first-order chi connectivity index (χ1) is 10.0. The van der Waals surface area contributed by atoms with E-state index >= 15 is 0 Å². The van der Waals surface area contributed by atoms with E-state index in [9.17, 15) is 13.2 Å². The van der Waals surface area contributed by atoms with Crippen molar-refractivity contribution in [2.45, 2.75) is 12.9 Å². The lowest BCUT2D eigenvalue weighted by Crippen LogP contribution is -2.16. The maximum absolute atomic E-state index is 12.2. The molecule has 0 saturated carbocycles. The van der Waals surface area contributed by atoms with Crippen LogP contribution < -0.4 is 4.74 Å². The van der Waals surface area contributed by atoms with Crippen molar-refractivity contribution in [1.82, 2.24) is 4.57 Å². The molecule has 21 heavy (non-hydrogen) atoms. The van der Waals surface area contributed by atoms with Gasteiger partial charge in [0.15, 0.2) is 0 Å². The zero-order chi connectivity index (χ0) is 14.9. The van der Waals surface area contributed by atoms with E-state index in [1.165, 1.54) is 12.1 Å². The van der Waals surface area contributed by atoms with E-state index in [4.69, 9.17) is 0 Å². The fraction of sp³-hybridized carbons (Fsp3) is 0.125. The quantitative estimate of drug-likeness (QED) is 0.688. The summed E-state index contributed by atoms with van der Waals surface area (Å²) in [7, 11) is 0. The standard InChI is InChI=1S/C16H12F3NO/c17-16(18,19)21-14-6-7-15-13(10-14)8-9-20(15)11-12-4-2-1-3-5-12/h1-10H,11H2. The summed E-state index contributed by atoms with van der Waals surface area (Å²) in [6.45, 7) is 0.670. The van der Waals surface area contributed by atoms with Crippen molar-refractivity contribution < 1.29 is 17.9 Å². The van der Waals surface area contributed by atoms with Gasteiger partial charge in [0.1, 0.15) is 5.75 Å². The van der Waals surface area contributed by atoms with Crippen molar-refractivity contribution in [1.29, 1.82) is 0 Å². The molecule has 2 nitrogen and oxygen atoms in total. The minimum Gasteiger partial charge on any atom is -0.406 e. The molecule has 0 unspecified atom stereocenters. The number of hydrogen-bond donors (Lipinski definition) is 0. The second kappa shape index (κ2) is 5.16. The second-order valence-electron chi connectivity index (χ2n) is 4.70. The molecule has 0 N–H and O–H groups in total. The summed E-state index contributed by atoms with van der Waals surface area (Å²) in [6, 6.07) is 16.0. The molecule has 0 spiro atoms. The maximum Gasteiger partial charge on any atom is 0.573 e. The molecular weight excluding hydrogens is 279 g/mol. The van der Waals surface area contributed by atoms with E-state index in [1.807, 2.05) is 41.1 Å². The van der Waals surface area contributed by atoms with Gasteiger partial charge in [-0.25, -0.2) is 0 Å². The summed E-state index contributed by atoms with van der Waals surface area (Å²) in [6.07, 6.45) is -2.81. The van der Waals surface area contributed by atoms with Crippen molar-refractivity contribution in [3.8, 4) is 5.75 Å². The molecule has 1 aromatic heterocycles. The van der Waals surface area contributed by atoms with Crippen molar-refractivity contribution in [2.75, 3.05) is 0 Å². The molecule has 0 atom stereocenters. The monoisotopic (exact) mass is 291 g/mol. The molecule has 0 bridgehead atoms. The van der Waals surface area contributed by atoms with E-state index in [0.29, 0.717) is 11.9 Å². The Kier molecular flexibility index (Phi) is 3.33. The van der Waals surface area contributed by atoms with E-state index in [0.717, 1.165) is 11.1 Å². The van der Waals surface area contributed by atoms with Crippen molar-refractivity contribution in [3.63, 3.8) is 0 Å². The van der Waals surface area contributed by atoms with Crippen LogP contribution in [-0.2, 0) is 6.54 Å². The van der Waals surface area contributed by atoms with Crippen LogP contribution in [-0.4, -0.2) is 10.9 Å². The molecule has 0 aliphatic heterocycles. The van der Waals surface area contributed by atoms with Gasteiger partial charge in [-0.2, -0.15) is 0 Å². The average molecular weight is 291 g/mol. The van der Waals surface area contributed by atoms with Gasteiger partial charge in [0, 0.05) is 23.6 Å². The van der Waals surface area contributed by atoms with E-state index < -0.39 is 6.36 Å².